The first-order chi connectivity index (χ1) is 28.2. The van der Waals surface area contributed by atoms with E-state index in [2.05, 4.69) is 168 Å². The van der Waals surface area contributed by atoms with Gasteiger partial charge in [-0.05, 0) is 65.7 Å². The van der Waals surface area contributed by atoms with Crippen LogP contribution in [0.2, 0.25) is 0 Å². The van der Waals surface area contributed by atoms with Crippen LogP contribution in [0.4, 0.5) is 0 Å². The molecule has 0 aliphatic carbocycles. The van der Waals surface area contributed by atoms with Crippen LogP contribution in [0.3, 0.4) is 0 Å². The minimum Gasteiger partial charge on any atom is -0.344 e. The topological polar surface area (TPSA) is 41.7 Å². The van der Waals surface area contributed by atoms with Gasteiger partial charge in [0, 0.05) is 73.5 Å². The average Bonchev–Trinajstić information content (AvgIpc) is 3.96. The number of amidine groups is 2. The lowest BCUT2D eigenvalue weighted by molar-refractivity contribution is 0.680. The number of nitrogens with one attached hydrogen (secondary N) is 1. The molecule has 0 radical (unpaired) electrons. The predicted molar refractivity (Wildman–Crippen MR) is 244 cm³/mol. The molecule has 268 valence electrons. The number of nitrogens with zero attached hydrogens (tertiary/aromatic N) is 3. The smallest absolute Gasteiger partial charge is 0.159 e. The van der Waals surface area contributed by atoms with Crippen LogP contribution in [0.1, 0.15) is 22.9 Å². The molecule has 1 aliphatic heterocycles. The maximum Gasteiger partial charge on any atom is 0.159 e. The van der Waals surface area contributed by atoms with E-state index in [1.807, 2.05) is 46.9 Å². The first-order valence-electron chi connectivity index (χ1n) is 19.2. The fraction of sp³-hybridized carbons (Fsp3) is 0.0196. The van der Waals surface area contributed by atoms with Crippen molar-refractivity contribution in [3.63, 3.8) is 0 Å². The number of hydrogen-bond donors (Lipinski definition) is 1. The lowest BCUT2D eigenvalue weighted by Gasteiger charge is -2.24. The minimum atomic E-state index is -0.318. The molecule has 4 nitrogen and oxygen atoms in total. The van der Waals surface area contributed by atoms with E-state index in [1.165, 1.54) is 79.0 Å². The zero-order valence-corrected chi connectivity index (χ0v) is 32.2. The Morgan fingerprint density at radius 3 is 1.81 bits per heavy atom. The van der Waals surface area contributed by atoms with Crippen molar-refractivity contribution in [2.75, 3.05) is 0 Å². The third-order valence-corrected chi connectivity index (χ3v) is 13.5. The Labute approximate surface area is 336 Å². The van der Waals surface area contributed by atoms with E-state index in [1.54, 1.807) is 0 Å². The fourth-order valence-electron chi connectivity index (χ4n) is 8.71. The van der Waals surface area contributed by atoms with Gasteiger partial charge in [-0.25, -0.2) is 9.98 Å². The maximum absolute atomic E-state index is 5.27. The molecule has 4 heterocycles. The largest absolute Gasteiger partial charge is 0.344 e. The Kier molecular flexibility index (Phi) is 7.30. The van der Waals surface area contributed by atoms with Gasteiger partial charge in [-0.2, -0.15) is 0 Å². The molecule has 57 heavy (non-hydrogen) atoms. The van der Waals surface area contributed by atoms with Crippen LogP contribution in [-0.2, 0) is 0 Å². The van der Waals surface area contributed by atoms with Crippen LogP contribution < -0.4 is 5.32 Å². The van der Waals surface area contributed by atoms with Crippen LogP contribution in [0.25, 0.3) is 79.0 Å². The molecule has 1 N–H and O–H groups in total. The van der Waals surface area contributed by atoms with Crippen LogP contribution in [0.5, 0.6) is 0 Å². The van der Waals surface area contributed by atoms with Gasteiger partial charge in [0.05, 0.1) is 11.0 Å². The molecule has 0 saturated carbocycles. The van der Waals surface area contributed by atoms with Crippen LogP contribution in [0, 0.1) is 0 Å². The zero-order chi connectivity index (χ0) is 37.5. The SMILES string of the molecule is c1ccc(C2=NC(c3cccc4sc5ccc(-c6cccc7sc8ccc(-n9c%10ccccc%10c%10ccccc%109)cc8c67)cc5c34)NC(c3ccccc3)=N2)cc1. The van der Waals surface area contributed by atoms with Crippen LogP contribution in [-0.4, -0.2) is 16.2 Å². The van der Waals surface area contributed by atoms with Crippen molar-refractivity contribution in [1.29, 1.82) is 0 Å². The summed E-state index contributed by atoms with van der Waals surface area (Å²) in [5, 5.41) is 11.3. The van der Waals surface area contributed by atoms with Gasteiger partial charge in [0.15, 0.2) is 5.84 Å². The number of aliphatic imine (C=N–C) groups is 2. The molecule has 3 aromatic heterocycles. The van der Waals surface area contributed by atoms with Crippen molar-refractivity contribution < 1.29 is 0 Å². The molecule has 0 spiro atoms. The van der Waals surface area contributed by atoms with Crippen LogP contribution >= 0.6 is 22.7 Å². The summed E-state index contributed by atoms with van der Waals surface area (Å²) in [6.07, 6.45) is -0.318. The molecule has 0 bridgehead atoms. The summed E-state index contributed by atoms with van der Waals surface area (Å²) in [7, 11) is 0. The Morgan fingerprint density at radius 1 is 0.456 bits per heavy atom. The monoisotopic (exact) mass is 764 g/mol. The summed E-state index contributed by atoms with van der Waals surface area (Å²) in [5.41, 5.74) is 9.25. The average molecular weight is 765 g/mol. The first kappa shape index (κ1) is 32.4. The third-order valence-electron chi connectivity index (χ3n) is 11.3. The van der Waals surface area contributed by atoms with Gasteiger partial charge < -0.3 is 9.88 Å². The summed E-state index contributed by atoms with van der Waals surface area (Å²) in [6.45, 7) is 0. The lowest BCUT2D eigenvalue weighted by atomic mass is 9.96. The summed E-state index contributed by atoms with van der Waals surface area (Å²) in [5.74, 6) is 1.55. The minimum absolute atomic E-state index is 0.318. The molecule has 1 atom stereocenters. The number of fused-ring (bicyclic) bond motifs is 9. The normalized spacial score (nSPS) is 14.5. The molecule has 1 unspecified atom stereocenters. The summed E-state index contributed by atoms with van der Waals surface area (Å²) < 4.78 is 7.51. The van der Waals surface area contributed by atoms with E-state index in [0.29, 0.717) is 0 Å². The Hall–Kier alpha value is -6.86. The van der Waals surface area contributed by atoms with Crippen molar-refractivity contribution in [3.8, 4) is 16.8 Å². The number of hydrogen-bond acceptors (Lipinski definition) is 5. The van der Waals surface area contributed by atoms with E-state index in [-0.39, 0.29) is 6.17 Å². The summed E-state index contributed by atoms with van der Waals surface area (Å²) in [4.78, 5) is 10.3. The quantitative estimate of drug-likeness (QED) is 0.186. The van der Waals surface area contributed by atoms with E-state index in [4.69, 9.17) is 9.98 Å². The molecule has 12 rings (SSSR count). The number of aromatic nitrogens is 1. The van der Waals surface area contributed by atoms with Crippen molar-refractivity contribution in [1.82, 2.24) is 9.88 Å². The van der Waals surface area contributed by atoms with Gasteiger partial charge in [0.25, 0.3) is 0 Å². The molecule has 0 amide bonds. The Bertz CT molecular complexity index is 3390. The highest BCUT2D eigenvalue weighted by atomic mass is 32.1. The van der Waals surface area contributed by atoms with Crippen molar-refractivity contribution in [3.05, 3.63) is 199 Å². The van der Waals surface area contributed by atoms with Gasteiger partial charge in [-0.3, -0.25) is 0 Å². The van der Waals surface area contributed by atoms with Crippen molar-refractivity contribution in [2.24, 2.45) is 9.98 Å². The molecular weight excluding hydrogens is 733 g/mol. The first-order valence-corrected chi connectivity index (χ1v) is 20.8. The molecule has 0 saturated heterocycles. The highest BCUT2D eigenvalue weighted by Gasteiger charge is 2.24. The van der Waals surface area contributed by atoms with Gasteiger partial charge in [0.1, 0.15) is 12.0 Å². The van der Waals surface area contributed by atoms with E-state index >= 15 is 0 Å². The molecule has 0 fully saturated rings. The zero-order valence-electron chi connectivity index (χ0n) is 30.6. The maximum atomic E-state index is 5.27. The number of thiophene rings is 2. The fourth-order valence-corrected chi connectivity index (χ4v) is 10.9. The number of benzene rings is 8. The van der Waals surface area contributed by atoms with Crippen molar-refractivity contribution >= 4 is 96.5 Å². The highest BCUT2D eigenvalue weighted by Crippen LogP contribution is 2.45. The summed E-state index contributed by atoms with van der Waals surface area (Å²) in [6, 6.07) is 65.5. The third kappa shape index (κ3) is 5.18. The van der Waals surface area contributed by atoms with E-state index < -0.39 is 0 Å². The van der Waals surface area contributed by atoms with Gasteiger partial charge in [-0.15, -0.1) is 22.7 Å². The molecular formula is C51H32N4S2. The second kappa shape index (κ2) is 12.8. The highest BCUT2D eigenvalue weighted by molar-refractivity contribution is 7.26. The van der Waals surface area contributed by atoms with Gasteiger partial charge in [-0.1, -0.05) is 127 Å². The molecule has 11 aromatic rings. The van der Waals surface area contributed by atoms with E-state index in [9.17, 15) is 0 Å². The van der Waals surface area contributed by atoms with Crippen LogP contribution in [0.15, 0.2) is 192 Å². The Balaban J connectivity index is 1.03. The molecule has 1 aliphatic rings. The predicted octanol–water partition coefficient (Wildman–Crippen LogP) is 13.7. The Morgan fingerprint density at radius 2 is 1.07 bits per heavy atom. The second-order valence-corrected chi connectivity index (χ2v) is 16.7. The lowest BCUT2D eigenvalue weighted by Crippen LogP contribution is -2.33. The van der Waals surface area contributed by atoms with E-state index in [0.717, 1.165) is 28.4 Å². The van der Waals surface area contributed by atoms with Gasteiger partial charge in [0.2, 0.25) is 0 Å². The van der Waals surface area contributed by atoms with Crippen molar-refractivity contribution in [2.45, 2.75) is 6.17 Å². The number of para-hydroxylation sites is 2. The van der Waals surface area contributed by atoms with Gasteiger partial charge >= 0.3 is 0 Å². The number of rotatable bonds is 5. The molecule has 6 heteroatoms. The molecule has 8 aromatic carbocycles. The summed E-state index contributed by atoms with van der Waals surface area (Å²) >= 11 is 3.71. The standard InChI is InChI=1S/C51H32N4S2/c1-3-13-31(14-4-1)49-52-50(32-15-5-2-6-16-32)54-51(53-49)38-20-12-24-46-48(38)39-29-33(25-27-43(39)56-46)35-19-11-23-45-47(35)40-30-34(26-28-44(40)57-45)55-41-21-9-7-17-36(41)37-18-8-10-22-42(37)55/h1-30,51H,(H,52,53,54). The second-order valence-electron chi connectivity index (χ2n) is 14.6.